The molecule has 0 radical (unpaired) electrons. The quantitative estimate of drug-likeness (QED) is 0.794. The Kier molecular flexibility index (Phi) is 3.94. The van der Waals surface area contributed by atoms with E-state index in [-0.39, 0.29) is 0 Å². The smallest absolute Gasteiger partial charge is 0.186 e. The minimum Gasteiger partial charge on any atom is -0.371 e. The van der Waals surface area contributed by atoms with E-state index in [2.05, 4.69) is 30.0 Å². The van der Waals surface area contributed by atoms with Gasteiger partial charge >= 0.3 is 0 Å². The highest BCUT2D eigenvalue weighted by Crippen LogP contribution is 2.34. The van der Waals surface area contributed by atoms with Gasteiger partial charge in [0.25, 0.3) is 0 Å². The van der Waals surface area contributed by atoms with Crippen LogP contribution in [-0.2, 0) is 4.74 Å². The molecule has 2 aliphatic rings. The highest BCUT2D eigenvalue weighted by Gasteiger charge is 2.34. The summed E-state index contributed by atoms with van der Waals surface area (Å²) in [5.74, 6) is 0. The second kappa shape index (κ2) is 5.70. The molecule has 2 fully saturated rings. The van der Waals surface area contributed by atoms with Crippen LogP contribution in [0.2, 0.25) is 0 Å². The monoisotopic (exact) mass is 290 g/mol. The molecule has 2 bridgehead atoms. The Morgan fingerprint density at radius 3 is 2.55 bits per heavy atom. The largest absolute Gasteiger partial charge is 0.371 e. The number of anilines is 1. The van der Waals surface area contributed by atoms with Gasteiger partial charge in [-0.15, -0.1) is 0 Å². The topological polar surface area (TPSA) is 25.4 Å². The molecule has 4 heteroatoms. The van der Waals surface area contributed by atoms with E-state index >= 15 is 0 Å². The molecule has 20 heavy (non-hydrogen) atoms. The number of para-hydroxylation sites is 1. The average molecular weight is 290 g/mol. The van der Waals surface area contributed by atoms with E-state index in [1.54, 1.807) is 0 Å². The molecule has 0 aliphatic carbocycles. The highest BCUT2D eigenvalue weighted by atomic mass is 32.1. The van der Waals surface area contributed by atoms with Gasteiger partial charge in [0.1, 0.15) is 0 Å². The fourth-order valence-corrected chi connectivity index (χ4v) is 4.04. The summed E-state index contributed by atoms with van der Waals surface area (Å²) in [6, 6.07) is 6.41. The van der Waals surface area contributed by atoms with Crippen molar-refractivity contribution in [2.24, 2.45) is 0 Å². The summed E-state index contributed by atoms with van der Waals surface area (Å²) >= 11 is 1.81. The zero-order chi connectivity index (χ0) is 14.1. The van der Waals surface area contributed by atoms with Crippen molar-refractivity contribution < 1.29 is 4.74 Å². The van der Waals surface area contributed by atoms with Gasteiger partial charge in [-0.3, -0.25) is 0 Å². The van der Waals surface area contributed by atoms with Crippen LogP contribution in [0.4, 0.5) is 5.13 Å². The lowest BCUT2D eigenvalue weighted by Gasteiger charge is -2.31. The van der Waals surface area contributed by atoms with Crippen LogP contribution in [0.3, 0.4) is 0 Å². The fourth-order valence-electron chi connectivity index (χ4n) is 2.98. The highest BCUT2D eigenvalue weighted by molar-refractivity contribution is 7.22. The lowest BCUT2D eigenvalue weighted by atomic mass is 10.2. The van der Waals surface area contributed by atoms with Crippen LogP contribution < -0.4 is 4.90 Å². The first kappa shape index (κ1) is 13.8. The maximum atomic E-state index is 5.88. The minimum absolute atomic E-state index is 0.428. The molecule has 0 amide bonds. The third-order valence-corrected chi connectivity index (χ3v) is 5.00. The van der Waals surface area contributed by atoms with Gasteiger partial charge in [0.15, 0.2) is 5.13 Å². The van der Waals surface area contributed by atoms with Gasteiger partial charge in [-0.1, -0.05) is 37.3 Å². The number of aromatic nitrogens is 1. The number of hydrogen-bond donors (Lipinski definition) is 0. The molecule has 2 aromatic rings. The standard InChI is InChI=1S/C14H16N2OS.C2H6/c1-9-3-2-4-12-13(9)15-14(18-12)16-7-10-5-6-11(8-16)17-10;1-2/h2-4,10-11H,5-8H2,1H3;1-2H3. The van der Waals surface area contributed by atoms with Gasteiger partial charge in [-0.25, -0.2) is 4.98 Å². The van der Waals surface area contributed by atoms with E-state index < -0.39 is 0 Å². The second-order valence-electron chi connectivity index (χ2n) is 5.28. The molecule has 2 unspecified atom stereocenters. The third kappa shape index (κ3) is 2.42. The second-order valence-corrected chi connectivity index (χ2v) is 6.29. The molecular formula is C16H22N2OS. The molecule has 0 N–H and O–H groups in total. The van der Waals surface area contributed by atoms with Crippen LogP contribution in [0.5, 0.6) is 0 Å². The molecule has 2 aliphatic heterocycles. The average Bonchev–Trinajstić information content (AvgIpc) is 3.06. The van der Waals surface area contributed by atoms with E-state index in [0.717, 1.165) is 18.6 Å². The summed E-state index contributed by atoms with van der Waals surface area (Å²) in [4.78, 5) is 7.23. The van der Waals surface area contributed by atoms with Gasteiger partial charge in [0.2, 0.25) is 0 Å². The number of aryl methyl sites for hydroxylation is 1. The molecule has 2 atom stereocenters. The van der Waals surface area contributed by atoms with Crippen LogP contribution in [0.25, 0.3) is 10.2 Å². The van der Waals surface area contributed by atoms with E-state index in [9.17, 15) is 0 Å². The Balaban J connectivity index is 0.000000581. The van der Waals surface area contributed by atoms with Crippen molar-refractivity contribution in [3.05, 3.63) is 23.8 Å². The number of thiazole rings is 1. The Hall–Kier alpha value is -1.13. The summed E-state index contributed by atoms with van der Waals surface area (Å²) in [6.07, 6.45) is 3.28. The molecular weight excluding hydrogens is 268 g/mol. The molecule has 2 saturated heterocycles. The molecule has 3 nitrogen and oxygen atoms in total. The molecule has 4 rings (SSSR count). The van der Waals surface area contributed by atoms with Crippen LogP contribution in [0.15, 0.2) is 18.2 Å². The number of fused-ring (bicyclic) bond motifs is 3. The number of nitrogens with zero attached hydrogens (tertiary/aromatic N) is 2. The van der Waals surface area contributed by atoms with Gasteiger partial charge < -0.3 is 9.64 Å². The number of rotatable bonds is 1. The van der Waals surface area contributed by atoms with Crippen molar-refractivity contribution in [2.45, 2.75) is 45.8 Å². The van der Waals surface area contributed by atoms with Crippen molar-refractivity contribution in [3.8, 4) is 0 Å². The van der Waals surface area contributed by atoms with Crippen LogP contribution >= 0.6 is 11.3 Å². The molecule has 108 valence electrons. The first-order chi connectivity index (χ1) is 9.79. The summed E-state index contributed by atoms with van der Waals surface area (Å²) in [7, 11) is 0. The molecule has 3 heterocycles. The Morgan fingerprint density at radius 1 is 1.20 bits per heavy atom. The Bertz CT molecular complexity index is 583. The van der Waals surface area contributed by atoms with Gasteiger partial charge in [0.05, 0.1) is 22.4 Å². The lowest BCUT2D eigenvalue weighted by molar-refractivity contribution is 0.0305. The summed E-state index contributed by atoms with van der Waals surface area (Å²) in [5, 5.41) is 1.17. The number of hydrogen-bond acceptors (Lipinski definition) is 4. The normalized spacial score (nSPS) is 24.6. The van der Waals surface area contributed by atoms with Crippen molar-refractivity contribution >= 4 is 26.7 Å². The van der Waals surface area contributed by atoms with Gasteiger partial charge in [0, 0.05) is 13.1 Å². The predicted molar refractivity (Wildman–Crippen MR) is 85.8 cm³/mol. The Morgan fingerprint density at radius 2 is 1.90 bits per heavy atom. The fraction of sp³-hybridized carbons (Fsp3) is 0.562. The third-order valence-electron chi connectivity index (χ3n) is 3.92. The molecule has 0 saturated carbocycles. The van der Waals surface area contributed by atoms with E-state index in [1.165, 1.54) is 28.2 Å². The van der Waals surface area contributed by atoms with E-state index in [4.69, 9.17) is 9.72 Å². The van der Waals surface area contributed by atoms with Crippen LogP contribution in [0.1, 0.15) is 32.3 Å². The van der Waals surface area contributed by atoms with Crippen molar-refractivity contribution in [1.82, 2.24) is 4.98 Å². The molecule has 1 aromatic carbocycles. The first-order valence-corrected chi connectivity index (χ1v) is 8.38. The molecule has 0 spiro atoms. The zero-order valence-corrected chi connectivity index (χ0v) is 13.2. The summed E-state index contributed by atoms with van der Waals surface area (Å²) in [6.45, 7) is 8.15. The maximum Gasteiger partial charge on any atom is 0.186 e. The van der Waals surface area contributed by atoms with Crippen LogP contribution in [0, 0.1) is 6.92 Å². The zero-order valence-electron chi connectivity index (χ0n) is 12.4. The number of benzene rings is 1. The lowest BCUT2D eigenvalue weighted by Crippen LogP contribution is -2.42. The van der Waals surface area contributed by atoms with E-state index in [0.29, 0.717) is 12.2 Å². The van der Waals surface area contributed by atoms with Crippen LogP contribution in [-0.4, -0.2) is 30.3 Å². The summed E-state index contributed by atoms with van der Waals surface area (Å²) in [5.41, 5.74) is 2.43. The van der Waals surface area contributed by atoms with Gasteiger partial charge in [-0.2, -0.15) is 0 Å². The van der Waals surface area contributed by atoms with Crippen molar-refractivity contribution in [2.75, 3.05) is 18.0 Å². The van der Waals surface area contributed by atoms with E-state index in [1.807, 2.05) is 25.2 Å². The Labute approximate surface area is 124 Å². The SMILES string of the molecule is CC.Cc1cccc2sc(N3CC4CCC(C3)O4)nc12. The first-order valence-electron chi connectivity index (χ1n) is 7.56. The maximum absolute atomic E-state index is 5.88. The summed E-state index contributed by atoms with van der Waals surface area (Å²) < 4.78 is 7.18. The van der Waals surface area contributed by atoms with Gasteiger partial charge in [-0.05, 0) is 31.4 Å². The predicted octanol–water partition coefficient (Wildman–Crippen LogP) is 4.00. The van der Waals surface area contributed by atoms with Crippen molar-refractivity contribution in [1.29, 1.82) is 0 Å². The number of ether oxygens (including phenoxy) is 1. The van der Waals surface area contributed by atoms with Crippen molar-refractivity contribution in [3.63, 3.8) is 0 Å². The molecule has 1 aromatic heterocycles. The minimum atomic E-state index is 0.428. The number of morpholine rings is 1.